The number of hydrogen-bond donors (Lipinski definition) is 0. The van der Waals surface area contributed by atoms with E-state index in [1.165, 1.54) is 0 Å². The summed E-state index contributed by atoms with van der Waals surface area (Å²) in [4.78, 5) is 23.1. The standard InChI is InChI=1S/C14H17ClO3S/c1-2-3-8-18-13(16)7-9-19-14(17)11-5-4-6-12(15)10-11/h4-6,10H,2-3,7-9H2,1H3. The molecule has 0 fully saturated rings. The highest BCUT2D eigenvalue weighted by Gasteiger charge is 2.09. The Morgan fingerprint density at radius 2 is 2.16 bits per heavy atom. The Morgan fingerprint density at radius 3 is 2.84 bits per heavy atom. The Labute approximate surface area is 122 Å². The van der Waals surface area contributed by atoms with Gasteiger partial charge in [0.25, 0.3) is 0 Å². The van der Waals surface area contributed by atoms with E-state index in [0.29, 0.717) is 22.9 Å². The molecule has 0 aliphatic heterocycles. The third-order valence-corrected chi connectivity index (χ3v) is 3.50. The van der Waals surface area contributed by atoms with Gasteiger partial charge in [0.05, 0.1) is 13.0 Å². The van der Waals surface area contributed by atoms with Gasteiger partial charge in [-0.1, -0.05) is 48.8 Å². The van der Waals surface area contributed by atoms with Gasteiger partial charge in [0.1, 0.15) is 0 Å². The minimum Gasteiger partial charge on any atom is -0.466 e. The lowest BCUT2D eigenvalue weighted by Crippen LogP contribution is -2.07. The first-order valence-electron chi connectivity index (χ1n) is 6.21. The van der Waals surface area contributed by atoms with Gasteiger partial charge in [-0.15, -0.1) is 0 Å². The molecule has 0 saturated heterocycles. The van der Waals surface area contributed by atoms with E-state index in [1.807, 2.05) is 6.92 Å². The Balaban J connectivity index is 2.25. The van der Waals surface area contributed by atoms with Crippen molar-refractivity contribution < 1.29 is 14.3 Å². The first-order chi connectivity index (χ1) is 9.13. The molecule has 0 aliphatic carbocycles. The van der Waals surface area contributed by atoms with E-state index in [1.54, 1.807) is 24.3 Å². The van der Waals surface area contributed by atoms with Gasteiger partial charge < -0.3 is 4.74 Å². The van der Waals surface area contributed by atoms with Crippen LogP contribution in [0.15, 0.2) is 24.3 Å². The van der Waals surface area contributed by atoms with Crippen molar-refractivity contribution in [3.05, 3.63) is 34.9 Å². The van der Waals surface area contributed by atoms with Crippen molar-refractivity contribution in [1.29, 1.82) is 0 Å². The van der Waals surface area contributed by atoms with Crippen LogP contribution in [0.4, 0.5) is 0 Å². The van der Waals surface area contributed by atoms with Crippen LogP contribution in [-0.4, -0.2) is 23.4 Å². The number of rotatable bonds is 7. The summed E-state index contributed by atoms with van der Waals surface area (Å²) in [5.74, 6) is 0.177. The SMILES string of the molecule is CCCCOC(=O)CCSC(=O)c1cccc(Cl)c1. The van der Waals surface area contributed by atoms with E-state index in [4.69, 9.17) is 16.3 Å². The maximum absolute atomic E-state index is 11.8. The molecule has 3 nitrogen and oxygen atoms in total. The highest BCUT2D eigenvalue weighted by Crippen LogP contribution is 2.17. The zero-order valence-electron chi connectivity index (χ0n) is 10.9. The van der Waals surface area contributed by atoms with Crippen LogP contribution >= 0.6 is 23.4 Å². The predicted octanol–water partition coefficient (Wildman–Crippen LogP) is 3.95. The molecule has 5 heteroatoms. The monoisotopic (exact) mass is 300 g/mol. The van der Waals surface area contributed by atoms with Crippen molar-refractivity contribution in [2.75, 3.05) is 12.4 Å². The molecule has 0 radical (unpaired) electrons. The number of esters is 1. The van der Waals surface area contributed by atoms with Gasteiger partial charge >= 0.3 is 5.97 Å². The first kappa shape index (κ1) is 16.1. The Kier molecular flexibility index (Phi) is 7.60. The van der Waals surface area contributed by atoms with Crippen molar-refractivity contribution in [2.45, 2.75) is 26.2 Å². The molecule has 0 aromatic heterocycles. The maximum atomic E-state index is 11.8. The molecule has 0 heterocycles. The van der Waals surface area contributed by atoms with Crippen LogP contribution in [0.25, 0.3) is 0 Å². The van der Waals surface area contributed by atoms with Gasteiger partial charge in [0.15, 0.2) is 0 Å². The molecule has 0 spiro atoms. The smallest absolute Gasteiger partial charge is 0.306 e. The van der Waals surface area contributed by atoms with Gasteiger partial charge in [0, 0.05) is 16.3 Å². The minimum absolute atomic E-state index is 0.0798. The lowest BCUT2D eigenvalue weighted by atomic mass is 10.2. The average Bonchev–Trinajstić information content (AvgIpc) is 2.39. The number of carbonyl (C=O) groups excluding carboxylic acids is 2. The molecule has 1 aromatic carbocycles. The van der Waals surface area contributed by atoms with E-state index < -0.39 is 0 Å². The number of unbranched alkanes of at least 4 members (excludes halogenated alkanes) is 1. The van der Waals surface area contributed by atoms with Gasteiger partial charge in [-0.2, -0.15) is 0 Å². The van der Waals surface area contributed by atoms with Crippen LogP contribution in [-0.2, 0) is 9.53 Å². The second-order valence-corrected chi connectivity index (χ2v) is 5.47. The zero-order valence-corrected chi connectivity index (χ0v) is 12.4. The van der Waals surface area contributed by atoms with E-state index in [2.05, 4.69) is 0 Å². The Hall–Kier alpha value is -1.00. The Bertz CT molecular complexity index is 434. The lowest BCUT2D eigenvalue weighted by molar-refractivity contribution is -0.143. The zero-order chi connectivity index (χ0) is 14.1. The average molecular weight is 301 g/mol. The highest BCUT2D eigenvalue weighted by molar-refractivity contribution is 8.14. The maximum Gasteiger partial charge on any atom is 0.306 e. The summed E-state index contributed by atoms with van der Waals surface area (Å²) in [5.41, 5.74) is 0.553. The first-order valence-corrected chi connectivity index (χ1v) is 7.58. The number of halogens is 1. The highest BCUT2D eigenvalue weighted by atomic mass is 35.5. The van der Waals surface area contributed by atoms with Gasteiger partial charge in [0.2, 0.25) is 5.12 Å². The third-order valence-electron chi connectivity index (χ3n) is 2.36. The van der Waals surface area contributed by atoms with E-state index in [9.17, 15) is 9.59 Å². The molecule has 1 aromatic rings. The second-order valence-electron chi connectivity index (χ2n) is 3.97. The summed E-state index contributed by atoms with van der Waals surface area (Å²) in [7, 11) is 0. The van der Waals surface area contributed by atoms with Gasteiger partial charge in [-0.3, -0.25) is 9.59 Å². The van der Waals surface area contributed by atoms with Gasteiger partial charge in [-0.25, -0.2) is 0 Å². The van der Waals surface area contributed by atoms with Gasteiger partial charge in [-0.05, 0) is 18.6 Å². The van der Waals surface area contributed by atoms with E-state index >= 15 is 0 Å². The lowest BCUT2D eigenvalue weighted by Gasteiger charge is -2.03. The molecule has 0 amide bonds. The minimum atomic E-state index is -0.250. The van der Waals surface area contributed by atoms with E-state index in [0.717, 1.165) is 24.6 Å². The molecule has 19 heavy (non-hydrogen) atoms. The third kappa shape index (κ3) is 6.64. The van der Waals surface area contributed by atoms with E-state index in [-0.39, 0.29) is 17.5 Å². The van der Waals surface area contributed by atoms with Crippen molar-refractivity contribution >= 4 is 34.4 Å². The van der Waals surface area contributed by atoms with Crippen molar-refractivity contribution in [3.63, 3.8) is 0 Å². The number of carbonyl (C=O) groups is 2. The molecule has 0 aliphatic rings. The number of ether oxygens (including phenoxy) is 1. The largest absolute Gasteiger partial charge is 0.466 e. The molecular formula is C14H17ClO3S. The molecule has 0 unspecified atom stereocenters. The fourth-order valence-electron chi connectivity index (χ4n) is 1.33. The van der Waals surface area contributed by atoms with Crippen molar-refractivity contribution in [2.24, 2.45) is 0 Å². The second kappa shape index (κ2) is 8.99. The predicted molar refractivity (Wildman–Crippen MR) is 78.7 cm³/mol. The topological polar surface area (TPSA) is 43.4 Å². The molecular weight excluding hydrogens is 284 g/mol. The van der Waals surface area contributed by atoms with Crippen LogP contribution in [0, 0.1) is 0 Å². The quantitative estimate of drug-likeness (QED) is 0.565. The summed E-state index contributed by atoms with van der Waals surface area (Å²) >= 11 is 6.92. The summed E-state index contributed by atoms with van der Waals surface area (Å²) in [6.45, 7) is 2.50. The number of thioether (sulfide) groups is 1. The number of hydrogen-bond acceptors (Lipinski definition) is 4. The Morgan fingerprint density at radius 1 is 1.37 bits per heavy atom. The van der Waals surface area contributed by atoms with Crippen LogP contribution in [0.5, 0.6) is 0 Å². The molecule has 0 saturated carbocycles. The van der Waals surface area contributed by atoms with Crippen LogP contribution in [0.1, 0.15) is 36.5 Å². The number of benzene rings is 1. The normalized spacial score (nSPS) is 10.2. The van der Waals surface area contributed by atoms with Crippen molar-refractivity contribution in [1.82, 2.24) is 0 Å². The van der Waals surface area contributed by atoms with Crippen LogP contribution in [0.3, 0.4) is 0 Å². The fourth-order valence-corrected chi connectivity index (χ4v) is 2.27. The van der Waals surface area contributed by atoms with Crippen LogP contribution in [0.2, 0.25) is 5.02 Å². The molecule has 0 N–H and O–H groups in total. The summed E-state index contributed by atoms with van der Waals surface area (Å²) < 4.78 is 5.00. The molecule has 1 rings (SSSR count). The molecule has 0 atom stereocenters. The summed E-state index contributed by atoms with van der Waals surface area (Å²) in [5, 5.41) is 0.453. The molecule has 104 valence electrons. The summed E-state index contributed by atoms with van der Waals surface area (Å²) in [6.07, 6.45) is 2.12. The van der Waals surface area contributed by atoms with Crippen LogP contribution < -0.4 is 0 Å². The molecule has 0 bridgehead atoms. The van der Waals surface area contributed by atoms with Crippen molar-refractivity contribution in [3.8, 4) is 0 Å². The summed E-state index contributed by atoms with van der Waals surface area (Å²) in [6, 6.07) is 6.78. The fraction of sp³-hybridized carbons (Fsp3) is 0.429.